The molecule has 1 aromatic carbocycles. The lowest BCUT2D eigenvalue weighted by Crippen LogP contribution is -1.99. The molecule has 0 atom stereocenters. The van der Waals surface area contributed by atoms with Crippen molar-refractivity contribution in [2.75, 3.05) is 5.32 Å². The number of benzene rings is 1. The first-order valence-corrected chi connectivity index (χ1v) is 5.91. The maximum Gasteiger partial charge on any atom is 0.0952 e. The van der Waals surface area contributed by atoms with Crippen LogP contribution < -0.4 is 5.32 Å². The number of hydrogen-bond donors (Lipinski definition) is 1. The number of nitrogens with one attached hydrogen (secondary N) is 1. The first kappa shape index (κ1) is 10.8. The van der Waals surface area contributed by atoms with Gasteiger partial charge >= 0.3 is 0 Å². The van der Waals surface area contributed by atoms with Crippen LogP contribution in [0.2, 0.25) is 5.02 Å². The van der Waals surface area contributed by atoms with Crippen molar-refractivity contribution in [3.8, 4) is 0 Å². The van der Waals surface area contributed by atoms with Crippen LogP contribution in [0.25, 0.3) is 0 Å². The van der Waals surface area contributed by atoms with E-state index in [2.05, 4.69) is 27.9 Å². The Bertz CT molecular complexity index is 442. The fourth-order valence-corrected chi connectivity index (χ4v) is 2.29. The zero-order valence-electron chi connectivity index (χ0n) is 7.84. The third-order valence-corrected chi connectivity index (χ3v) is 3.12. The minimum absolute atomic E-state index is 0.758. The zero-order chi connectivity index (χ0) is 10.7. The van der Waals surface area contributed by atoms with E-state index in [1.54, 1.807) is 12.5 Å². The molecule has 1 N–H and O–H groups in total. The second-order valence-corrected chi connectivity index (χ2v) is 4.71. The summed E-state index contributed by atoms with van der Waals surface area (Å²) in [6, 6.07) is 7.72. The Morgan fingerprint density at radius 1 is 1.33 bits per heavy atom. The van der Waals surface area contributed by atoms with Gasteiger partial charge in [0.15, 0.2) is 0 Å². The third-order valence-electron chi connectivity index (χ3n) is 1.99. The smallest absolute Gasteiger partial charge is 0.0952 e. The summed E-state index contributed by atoms with van der Waals surface area (Å²) in [7, 11) is 0. The van der Waals surface area contributed by atoms with Crippen molar-refractivity contribution in [3.05, 3.63) is 50.9 Å². The van der Waals surface area contributed by atoms with Gasteiger partial charge < -0.3 is 9.73 Å². The quantitative estimate of drug-likeness (QED) is 0.854. The second kappa shape index (κ2) is 4.90. The summed E-state index contributed by atoms with van der Waals surface area (Å²) < 4.78 is 6.10. The van der Waals surface area contributed by atoms with Gasteiger partial charge in [-0.25, -0.2) is 0 Å². The molecule has 0 fully saturated rings. The zero-order valence-corrected chi connectivity index (χ0v) is 10.7. The van der Waals surface area contributed by atoms with Crippen molar-refractivity contribution in [2.45, 2.75) is 6.54 Å². The standard InChI is InChI=1S/C11H9ClINO/c12-9-1-2-11(10(13)5-9)14-6-8-3-4-15-7-8/h1-5,7,14H,6H2. The summed E-state index contributed by atoms with van der Waals surface area (Å²) in [5.74, 6) is 0. The summed E-state index contributed by atoms with van der Waals surface area (Å²) in [5.41, 5.74) is 2.21. The lowest BCUT2D eigenvalue weighted by molar-refractivity contribution is 0.564. The third kappa shape index (κ3) is 2.89. The largest absolute Gasteiger partial charge is 0.472 e. The van der Waals surface area contributed by atoms with Crippen LogP contribution in [-0.2, 0) is 6.54 Å². The highest BCUT2D eigenvalue weighted by Crippen LogP contribution is 2.22. The van der Waals surface area contributed by atoms with Gasteiger partial charge in [-0.2, -0.15) is 0 Å². The van der Waals surface area contributed by atoms with Gasteiger partial charge in [-0.3, -0.25) is 0 Å². The van der Waals surface area contributed by atoms with Gasteiger partial charge in [0, 0.05) is 26.4 Å². The number of anilines is 1. The maximum atomic E-state index is 5.87. The molecule has 1 heterocycles. The second-order valence-electron chi connectivity index (χ2n) is 3.11. The van der Waals surface area contributed by atoms with Gasteiger partial charge in [0.2, 0.25) is 0 Å². The molecule has 0 aliphatic carbocycles. The molecular weight excluding hydrogens is 324 g/mol. The van der Waals surface area contributed by atoms with Gasteiger partial charge in [-0.15, -0.1) is 0 Å². The Morgan fingerprint density at radius 3 is 2.87 bits per heavy atom. The number of halogens is 2. The van der Waals surface area contributed by atoms with E-state index in [4.69, 9.17) is 16.0 Å². The fourth-order valence-electron chi connectivity index (χ4n) is 1.22. The molecule has 0 unspecified atom stereocenters. The van der Waals surface area contributed by atoms with E-state index >= 15 is 0 Å². The Balaban J connectivity index is 2.05. The summed E-state index contributed by atoms with van der Waals surface area (Å²) >= 11 is 8.13. The highest BCUT2D eigenvalue weighted by atomic mass is 127. The van der Waals surface area contributed by atoms with Crippen LogP contribution in [0.5, 0.6) is 0 Å². The van der Waals surface area contributed by atoms with Crippen molar-refractivity contribution in [1.29, 1.82) is 0 Å². The first-order chi connectivity index (χ1) is 7.25. The molecule has 1 aromatic heterocycles. The molecule has 0 aliphatic rings. The molecule has 0 bridgehead atoms. The van der Waals surface area contributed by atoms with Crippen LogP contribution in [-0.4, -0.2) is 0 Å². The number of furan rings is 1. The Hall–Kier alpha value is -0.680. The summed E-state index contributed by atoms with van der Waals surface area (Å²) in [5, 5.41) is 4.07. The lowest BCUT2D eigenvalue weighted by Gasteiger charge is -2.07. The van der Waals surface area contributed by atoms with E-state index < -0.39 is 0 Å². The molecule has 15 heavy (non-hydrogen) atoms. The summed E-state index contributed by atoms with van der Waals surface area (Å²) in [6.45, 7) is 0.758. The molecule has 0 saturated heterocycles. The fraction of sp³-hybridized carbons (Fsp3) is 0.0909. The Labute approximate surface area is 107 Å². The molecule has 2 aromatic rings. The molecule has 2 rings (SSSR count). The van der Waals surface area contributed by atoms with E-state index in [0.29, 0.717) is 0 Å². The van der Waals surface area contributed by atoms with Crippen LogP contribution in [0.1, 0.15) is 5.56 Å². The Kier molecular flexibility index (Phi) is 3.53. The van der Waals surface area contributed by atoms with Gasteiger partial charge in [0.05, 0.1) is 12.5 Å². The minimum Gasteiger partial charge on any atom is -0.472 e. The predicted molar refractivity (Wildman–Crippen MR) is 70.2 cm³/mol. The molecule has 0 saturated carbocycles. The molecule has 0 aliphatic heterocycles. The minimum atomic E-state index is 0.758. The molecular formula is C11H9ClINO. The van der Waals surface area contributed by atoms with Gasteiger partial charge in [-0.1, -0.05) is 11.6 Å². The van der Waals surface area contributed by atoms with Crippen molar-refractivity contribution >= 4 is 39.9 Å². The normalized spacial score (nSPS) is 10.3. The van der Waals surface area contributed by atoms with E-state index in [9.17, 15) is 0 Å². The van der Waals surface area contributed by atoms with E-state index in [0.717, 1.165) is 26.4 Å². The molecule has 0 spiro atoms. The van der Waals surface area contributed by atoms with Crippen LogP contribution in [0.3, 0.4) is 0 Å². The molecule has 0 radical (unpaired) electrons. The molecule has 2 nitrogen and oxygen atoms in total. The number of rotatable bonds is 3. The van der Waals surface area contributed by atoms with Crippen LogP contribution in [0.15, 0.2) is 41.2 Å². The van der Waals surface area contributed by atoms with Crippen molar-refractivity contribution in [1.82, 2.24) is 0 Å². The summed E-state index contributed by atoms with van der Waals surface area (Å²) in [4.78, 5) is 0. The Morgan fingerprint density at radius 2 is 2.20 bits per heavy atom. The van der Waals surface area contributed by atoms with Gasteiger partial charge in [-0.05, 0) is 46.9 Å². The highest BCUT2D eigenvalue weighted by Gasteiger charge is 2.00. The van der Waals surface area contributed by atoms with Crippen molar-refractivity contribution < 1.29 is 4.42 Å². The van der Waals surface area contributed by atoms with E-state index in [1.807, 2.05) is 24.3 Å². The van der Waals surface area contributed by atoms with Gasteiger partial charge in [0.1, 0.15) is 0 Å². The molecule has 78 valence electrons. The average Bonchev–Trinajstić information content (AvgIpc) is 2.69. The molecule has 4 heteroatoms. The predicted octanol–water partition coefficient (Wildman–Crippen LogP) is 4.15. The van der Waals surface area contributed by atoms with E-state index in [-0.39, 0.29) is 0 Å². The summed E-state index contributed by atoms with van der Waals surface area (Å²) in [6.07, 6.45) is 3.40. The SMILES string of the molecule is Clc1ccc(NCc2ccoc2)c(I)c1. The van der Waals surface area contributed by atoms with Crippen LogP contribution in [0.4, 0.5) is 5.69 Å². The van der Waals surface area contributed by atoms with Crippen molar-refractivity contribution in [2.24, 2.45) is 0 Å². The molecule has 0 amide bonds. The van der Waals surface area contributed by atoms with E-state index in [1.165, 1.54) is 0 Å². The van der Waals surface area contributed by atoms with Gasteiger partial charge in [0.25, 0.3) is 0 Å². The number of hydrogen-bond acceptors (Lipinski definition) is 2. The first-order valence-electron chi connectivity index (χ1n) is 4.46. The van der Waals surface area contributed by atoms with Crippen molar-refractivity contribution in [3.63, 3.8) is 0 Å². The average molecular weight is 334 g/mol. The van der Waals surface area contributed by atoms with Crippen LogP contribution in [0, 0.1) is 3.57 Å². The highest BCUT2D eigenvalue weighted by molar-refractivity contribution is 14.1. The monoisotopic (exact) mass is 333 g/mol. The topological polar surface area (TPSA) is 25.2 Å². The van der Waals surface area contributed by atoms with Crippen LogP contribution >= 0.6 is 34.2 Å². The lowest BCUT2D eigenvalue weighted by atomic mass is 10.3. The maximum absolute atomic E-state index is 5.87.